The van der Waals surface area contributed by atoms with Crippen molar-refractivity contribution in [3.63, 3.8) is 0 Å². The van der Waals surface area contributed by atoms with Crippen molar-refractivity contribution in [2.45, 2.75) is 91.0 Å². The summed E-state index contributed by atoms with van der Waals surface area (Å²) in [7, 11) is 1.69. The predicted molar refractivity (Wildman–Crippen MR) is 145 cm³/mol. The number of ether oxygens (including phenoxy) is 1. The van der Waals surface area contributed by atoms with Crippen molar-refractivity contribution in [2.75, 3.05) is 7.05 Å². The van der Waals surface area contributed by atoms with Crippen LogP contribution in [-0.4, -0.2) is 46.2 Å². The van der Waals surface area contributed by atoms with E-state index in [4.69, 9.17) is 4.74 Å². The van der Waals surface area contributed by atoms with Crippen LogP contribution in [0.25, 0.3) is 0 Å². The Bertz CT molecular complexity index is 1080. The Balaban J connectivity index is 1.65. The smallest absolute Gasteiger partial charge is 0.323 e. The lowest BCUT2D eigenvalue weighted by atomic mass is 9.98. The number of aromatic hydroxyl groups is 2. The van der Waals surface area contributed by atoms with Gasteiger partial charge in [-0.05, 0) is 66.7 Å². The van der Waals surface area contributed by atoms with Gasteiger partial charge in [-0.1, -0.05) is 52.0 Å². The van der Waals surface area contributed by atoms with Crippen LogP contribution in [0.4, 0.5) is 0 Å². The number of amides is 1. The zero-order chi connectivity index (χ0) is 27.1. The Morgan fingerprint density at radius 2 is 1.70 bits per heavy atom. The molecule has 7 heteroatoms. The molecule has 3 N–H and O–H groups in total. The number of nitrogens with one attached hydrogen (secondary N) is 1. The number of hydrogen-bond donors (Lipinski definition) is 3. The molecule has 0 aromatic heterocycles. The van der Waals surface area contributed by atoms with Crippen LogP contribution >= 0.6 is 0 Å². The third-order valence-corrected chi connectivity index (χ3v) is 6.88. The molecule has 0 bridgehead atoms. The van der Waals surface area contributed by atoms with E-state index in [0.717, 1.165) is 36.8 Å². The monoisotopic (exact) mass is 510 g/mol. The van der Waals surface area contributed by atoms with Crippen molar-refractivity contribution in [1.82, 2.24) is 10.2 Å². The summed E-state index contributed by atoms with van der Waals surface area (Å²) in [5.74, 6) is -0.387. The highest BCUT2D eigenvalue weighted by molar-refractivity contribution is 5.97. The van der Waals surface area contributed by atoms with Crippen molar-refractivity contribution in [3.8, 4) is 11.5 Å². The lowest BCUT2D eigenvalue weighted by Crippen LogP contribution is -2.40. The van der Waals surface area contributed by atoms with Crippen LogP contribution < -0.4 is 5.32 Å². The highest BCUT2D eigenvalue weighted by Gasteiger charge is 2.26. The van der Waals surface area contributed by atoms with Crippen LogP contribution in [-0.2, 0) is 22.6 Å². The number of rotatable bonds is 11. The van der Waals surface area contributed by atoms with Gasteiger partial charge < -0.3 is 25.2 Å². The first-order chi connectivity index (χ1) is 17.5. The molecular weight excluding hydrogens is 468 g/mol. The molecule has 202 valence electrons. The first kappa shape index (κ1) is 28.5. The second kappa shape index (κ2) is 13.0. The number of hydrogen-bond acceptors (Lipinski definition) is 6. The van der Waals surface area contributed by atoms with E-state index in [0.29, 0.717) is 31.0 Å². The molecule has 1 saturated carbocycles. The van der Waals surface area contributed by atoms with Crippen LogP contribution in [0.15, 0.2) is 36.4 Å². The molecule has 0 radical (unpaired) electrons. The maximum Gasteiger partial charge on any atom is 0.323 e. The van der Waals surface area contributed by atoms with Crippen molar-refractivity contribution in [2.24, 2.45) is 5.92 Å². The number of carbonyl (C=O) groups excluding carboxylic acids is 2. The summed E-state index contributed by atoms with van der Waals surface area (Å²) < 4.78 is 5.77. The third kappa shape index (κ3) is 7.96. The molecule has 0 heterocycles. The maximum atomic E-state index is 13.1. The van der Waals surface area contributed by atoms with Crippen LogP contribution in [0.2, 0.25) is 0 Å². The van der Waals surface area contributed by atoms with E-state index in [2.05, 4.69) is 19.2 Å². The van der Waals surface area contributed by atoms with Gasteiger partial charge in [0.15, 0.2) is 0 Å². The van der Waals surface area contributed by atoms with Gasteiger partial charge in [-0.15, -0.1) is 0 Å². The van der Waals surface area contributed by atoms with Gasteiger partial charge in [0.1, 0.15) is 23.6 Å². The van der Waals surface area contributed by atoms with E-state index >= 15 is 0 Å². The zero-order valence-electron chi connectivity index (χ0n) is 22.8. The summed E-state index contributed by atoms with van der Waals surface area (Å²) in [6.07, 6.45) is 4.90. The number of phenols is 2. The van der Waals surface area contributed by atoms with Crippen molar-refractivity contribution < 1.29 is 24.5 Å². The number of carbonyl (C=O) groups is 2. The van der Waals surface area contributed by atoms with Gasteiger partial charge in [0.05, 0.1) is 5.56 Å². The average Bonchev–Trinajstić information content (AvgIpc) is 3.34. The molecule has 1 atom stereocenters. The summed E-state index contributed by atoms with van der Waals surface area (Å²) in [5.41, 5.74) is 2.73. The molecule has 1 fully saturated rings. The molecule has 2 aromatic carbocycles. The molecule has 0 spiro atoms. The Labute approximate surface area is 220 Å². The van der Waals surface area contributed by atoms with Crippen LogP contribution in [0.1, 0.15) is 92.8 Å². The second-order valence-corrected chi connectivity index (χ2v) is 11.0. The molecule has 0 saturated heterocycles. The summed E-state index contributed by atoms with van der Waals surface area (Å²) in [6.45, 7) is 8.90. The number of benzene rings is 2. The minimum atomic E-state index is -0.360. The van der Waals surface area contributed by atoms with E-state index < -0.39 is 0 Å². The van der Waals surface area contributed by atoms with Gasteiger partial charge in [0.25, 0.3) is 5.91 Å². The Morgan fingerprint density at radius 3 is 2.35 bits per heavy atom. The summed E-state index contributed by atoms with van der Waals surface area (Å²) in [5, 5.41) is 23.8. The molecule has 7 nitrogen and oxygen atoms in total. The molecule has 3 rings (SSSR count). The largest absolute Gasteiger partial charge is 0.508 e. The summed E-state index contributed by atoms with van der Waals surface area (Å²) >= 11 is 0. The van der Waals surface area contributed by atoms with Crippen LogP contribution in [0.5, 0.6) is 11.5 Å². The SMILES string of the molecule is CC(C)C[C@H](NCc1cccc(CN(C)C(=O)c2cc(C(C)C)c(O)cc2O)c1)C(=O)OC1CCCC1. The van der Waals surface area contributed by atoms with Gasteiger partial charge in [-0.2, -0.15) is 0 Å². The van der Waals surface area contributed by atoms with E-state index in [1.54, 1.807) is 18.0 Å². The predicted octanol–water partition coefficient (Wildman–Crippen LogP) is 5.48. The lowest BCUT2D eigenvalue weighted by molar-refractivity contribution is -0.151. The average molecular weight is 511 g/mol. The summed E-state index contributed by atoms with van der Waals surface area (Å²) in [4.78, 5) is 27.5. The van der Waals surface area contributed by atoms with Crippen LogP contribution in [0.3, 0.4) is 0 Å². The fourth-order valence-electron chi connectivity index (χ4n) is 4.84. The van der Waals surface area contributed by atoms with Gasteiger partial charge in [-0.25, -0.2) is 0 Å². The Hall–Kier alpha value is -3.06. The topological polar surface area (TPSA) is 99.1 Å². The minimum absolute atomic E-state index is 0.0107. The zero-order valence-corrected chi connectivity index (χ0v) is 22.8. The van der Waals surface area contributed by atoms with Crippen molar-refractivity contribution in [3.05, 3.63) is 58.7 Å². The second-order valence-electron chi connectivity index (χ2n) is 11.0. The minimum Gasteiger partial charge on any atom is -0.508 e. The first-order valence-corrected chi connectivity index (χ1v) is 13.4. The maximum absolute atomic E-state index is 13.1. The third-order valence-electron chi connectivity index (χ3n) is 6.88. The molecule has 0 unspecified atom stereocenters. The molecular formula is C30H42N2O5. The van der Waals surface area contributed by atoms with E-state index in [9.17, 15) is 19.8 Å². The van der Waals surface area contributed by atoms with Gasteiger partial charge in [-0.3, -0.25) is 9.59 Å². The highest BCUT2D eigenvalue weighted by atomic mass is 16.5. The normalized spacial score (nSPS) is 14.8. The molecule has 1 aliphatic rings. The quantitative estimate of drug-likeness (QED) is 0.346. The highest BCUT2D eigenvalue weighted by Crippen LogP contribution is 2.33. The first-order valence-electron chi connectivity index (χ1n) is 13.4. The van der Waals surface area contributed by atoms with E-state index in [-0.39, 0.29) is 47.0 Å². The Morgan fingerprint density at radius 1 is 1.03 bits per heavy atom. The fourth-order valence-corrected chi connectivity index (χ4v) is 4.84. The molecule has 37 heavy (non-hydrogen) atoms. The number of nitrogens with zero attached hydrogens (tertiary/aromatic N) is 1. The van der Waals surface area contributed by atoms with Crippen molar-refractivity contribution in [1.29, 1.82) is 0 Å². The van der Waals surface area contributed by atoms with Gasteiger partial charge in [0, 0.05) is 26.2 Å². The lowest BCUT2D eigenvalue weighted by Gasteiger charge is -2.22. The van der Waals surface area contributed by atoms with Crippen molar-refractivity contribution >= 4 is 11.9 Å². The summed E-state index contributed by atoms with van der Waals surface area (Å²) in [6, 6.07) is 10.3. The Kier molecular flexibility index (Phi) is 9.98. The standard InChI is InChI=1S/C30H42N2O5/c1-19(2)13-26(30(36)37-23-11-6-7-12-23)31-17-21-9-8-10-22(14-21)18-32(5)29(35)25-15-24(20(3)4)27(33)16-28(25)34/h8-10,14-16,19-20,23,26,31,33-34H,6-7,11-13,17-18H2,1-5H3/t26-/m0/s1. The molecule has 1 aliphatic carbocycles. The van der Waals surface area contributed by atoms with E-state index in [1.807, 2.05) is 38.1 Å². The fraction of sp³-hybridized carbons (Fsp3) is 0.533. The van der Waals surface area contributed by atoms with Gasteiger partial charge >= 0.3 is 5.97 Å². The number of phenolic OH excluding ortho intramolecular Hbond substituents is 2. The molecule has 2 aromatic rings. The van der Waals surface area contributed by atoms with Crippen LogP contribution in [0, 0.1) is 5.92 Å². The molecule has 1 amide bonds. The van der Waals surface area contributed by atoms with E-state index in [1.165, 1.54) is 6.07 Å². The van der Waals surface area contributed by atoms with Gasteiger partial charge in [0.2, 0.25) is 0 Å². The molecule has 0 aliphatic heterocycles. The number of esters is 1.